The molecular formula is C29H22N4O6. The molecule has 6 aromatic rings. The molecule has 4 heterocycles. The van der Waals surface area contributed by atoms with E-state index in [9.17, 15) is 14.7 Å². The van der Waals surface area contributed by atoms with Crippen molar-refractivity contribution < 1.29 is 28.3 Å². The summed E-state index contributed by atoms with van der Waals surface area (Å²) in [5.41, 5.74) is 3.83. The Morgan fingerprint density at radius 3 is 2.36 bits per heavy atom. The molecule has 0 bridgehead atoms. The molecule has 1 amide bonds. The molecule has 4 aromatic heterocycles. The van der Waals surface area contributed by atoms with Gasteiger partial charge in [0.15, 0.2) is 11.5 Å². The molecule has 2 aromatic carbocycles. The van der Waals surface area contributed by atoms with E-state index in [-0.39, 0.29) is 12.2 Å². The summed E-state index contributed by atoms with van der Waals surface area (Å²) < 4.78 is 16.1. The van der Waals surface area contributed by atoms with E-state index in [2.05, 4.69) is 10.3 Å². The van der Waals surface area contributed by atoms with Gasteiger partial charge in [-0.25, -0.2) is 14.8 Å². The van der Waals surface area contributed by atoms with Gasteiger partial charge in [0.05, 0.1) is 30.7 Å². The Bertz CT molecular complexity index is 1810. The van der Waals surface area contributed by atoms with Crippen LogP contribution in [0.5, 0.6) is 5.75 Å². The Labute approximate surface area is 221 Å². The lowest BCUT2D eigenvalue weighted by atomic mass is 10.0. The minimum absolute atomic E-state index is 0.100. The van der Waals surface area contributed by atoms with E-state index < -0.39 is 17.9 Å². The molecule has 10 heteroatoms. The average molecular weight is 523 g/mol. The van der Waals surface area contributed by atoms with Crippen molar-refractivity contribution >= 4 is 33.8 Å². The van der Waals surface area contributed by atoms with E-state index >= 15 is 0 Å². The predicted octanol–water partition coefficient (Wildman–Crippen LogP) is 4.85. The molecule has 0 unspecified atom stereocenters. The second-order valence-electron chi connectivity index (χ2n) is 8.88. The number of carbonyl (C=O) groups is 2. The maximum absolute atomic E-state index is 13.3. The van der Waals surface area contributed by atoms with Gasteiger partial charge in [-0.2, -0.15) is 0 Å². The van der Waals surface area contributed by atoms with Crippen LogP contribution in [0.4, 0.5) is 0 Å². The average Bonchev–Trinajstić information content (AvgIpc) is 3.74. The first-order chi connectivity index (χ1) is 19.0. The van der Waals surface area contributed by atoms with Gasteiger partial charge in [-0.15, -0.1) is 0 Å². The Morgan fingerprint density at radius 1 is 0.974 bits per heavy atom. The van der Waals surface area contributed by atoms with E-state index in [0.717, 1.165) is 16.5 Å². The summed E-state index contributed by atoms with van der Waals surface area (Å²) in [6.45, 7) is 0. The number of esters is 1. The van der Waals surface area contributed by atoms with E-state index in [1.165, 1.54) is 7.11 Å². The standard InChI is InChI=1S/C29H22N4O6/c1-37-29(36)23(13-17-15-30-20-9-7-18(34)14-19(17)20)33-28(35)16-6-8-21-22(12-16)32-27(25-5-3-11-39-25)26(31-21)24-4-2-10-38-24/h2-12,14-15,23,30,34H,13H2,1H3,(H,33,35)/t23-/m0/s1. The highest BCUT2D eigenvalue weighted by Gasteiger charge is 2.25. The highest BCUT2D eigenvalue weighted by Crippen LogP contribution is 2.32. The first-order valence-corrected chi connectivity index (χ1v) is 12.1. The topological polar surface area (TPSA) is 143 Å². The molecule has 10 nitrogen and oxygen atoms in total. The van der Waals surface area contributed by atoms with Gasteiger partial charge < -0.3 is 29.0 Å². The summed E-state index contributed by atoms with van der Waals surface area (Å²) in [4.78, 5) is 38.5. The van der Waals surface area contributed by atoms with Crippen molar-refractivity contribution in [3.8, 4) is 28.7 Å². The second-order valence-corrected chi connectivity index (χ2v) is 8.88. The van der Waals surface area contributed by atoms with Crippen molar-refractivity contribution in [2.24, 2.45) is 0 Å². The number of methoxy groups -OCH3 is 1. The number of benzene rings is 2. The SMILES string of the molecule is COC(=O)[C@H](Cc1c[nH]c2ccc(O)cc12)NC(=O)c1ccc2nc(-c3ccco3)c(-c3ccco3)nc2c1. The number of rotatable bonds is 7. The molecule has 0 spiro atoms. The van der Waals surface area contributed by atoms with Crippen molar-refractivity contribution in [1.82, 2.24) is 20.3 Å². The molecule has 0 saturated carbocycles. The van der Waals surface area contributed by atoms with Crippen molar-refractivity contribution in [2.45, 2.75) is 12.5 Å². The third-order valence-corrected chi connectivity index (χ3v) is 6.40. The zero-order valence-electron chi connectivity index (χ0n) is 20.7. The van der Waals surface area contributed by atoms with Crippen LogP contribution < -0.4 is 5.32 Å². The highest BCUT2D eigenvalue weighted by molar-refractivity contribution is 6.00. The number of aromatic hydroxyl groups is 1. The van der Waals surface area contributed by atoms with Gasteiger partial charge >= 0.3 is 5.97 Å². The van der Waals surface area contributed by atoms with Crippen LogP contribution in [0.25, 0.3) is 44.8 Å². The minimum atomic E-state index is -0.967. The molecule has 0 fully saturated rings. The third-order valence-electron chi connectivity index (χ3n) is 6.40. The molecule has 3 N–H and O–H groups in total. The predicted molar refractivity (Wildman–Crippen MR) is 142 cm³/mol. The smallest absolute Gasteiger partial charge is 0.328 e. The van der Waals surface area contributed by atoms with Crippen molar-refractivity contribution in [2.75, 3.05) is 7.11 Å². The van der Waals surface area contributed by atoms with Gasteiger partial charge in [-0.1, -0.05) is 0 Å². The van der Waals surface area contributed by atoms with Gasteiger partial charge in [0.25, 0.3) is 5.91 Å². The number of carbonyl (C=O) groups excluding carboxylic acids is 2. The fraction of sp³-hybridized carbons (Fsp3) is 0.103. The molecule has 0 aliphatic carbocycles. The summed E-state index contributed by atoms with van der Waals surface area (Å²) in [5, 5.41) is 13.4. The van der Waals surface area contributed by atoms with Gasteiger partial charge in [0.1, 0.15) is 23.2 Å². The quantitative estimate of drug-likeness (QED) is 0.253. The fourth-order valence-electron chi connectivity index (χ4n) is 4.50. The lowest BCUT2D eigenvalue weighted by molar-refractivity contribution is -0.142. The number of fused-ring (bicyclic) bond motifs is 2. The molecule has 0 saturated heterocycles. The van der Waals surface area contributed by atoms with Gasteiger partial charge in [0.2, 0.25) is 0 Å². The van der Waals surface area contributed by atoms with Crippen molar-refractivity contribution in [3.63, 3.8) is 0 Å². The number of aromatic nitrogens is 3. The van der Waals surface area contributed by atoms with Crippen LogP contribution in [-0.4, -0.2) is 45.1 Å². The number of nitrogens with one attached hydrogen (secondary N) is 2. The van der Waals surface area contributed by atoms with Gasteiger partial charge in [-0.3, -0.25) is 4.79 Å². The Morgan fingerprint density at radius 2 is 1.69 bits per heavy atom. The monoisotopic (exact) mass is 522 g/mol. The largest absolute Gasteiger partial charge is 0.508 e. The summed E-state index contributed by atoms with van der Waals surface area (Å²) in [7, 11) is 1.26. The highest BCUT2D eigenvalue weighted by atomic mass is 16.5. The van der Waals surface area contributed by atoms with Crippen LogP contribution in [0.2, 0.25) is 0 Å². The normalized spacial score (nSPS) is 12.0. The van der Waals surface area contributed by atoms with Gasteiger partial charge in [0, 0.05) is 29.1 Å². The molecule has 0 aliphatic heterocycles. The Hall–Kier alpha value is -5.38. The lowest BCUT2D eigenvalue weighted by Crippen LogP contribution is -2.43. The third kappa shape index (κ3) is 4.59. The first kappa shape index (κ1) is 24.0. The Balaban J connectivity index is 1.32. The summed E-state index contributed by atoms with van der Waals surface area (Å²) in [5.74, 6) is 0.0572. The molecule has 0 radical (unpaired) electrons. The maximum atomic E-state index is 13.3. The fourth-order valence-corrected chi connectivity index (χ4v) is 4.50. The molecule has 194 valence electrons. The zero-order chi connectivity index (χ0) is 26.9. The molecule has 0 aliphatic rings. The van der Waals surface area contributed by atoms with E-state index in [1.807, 2.05) is 0 Å². The maximum Gasteiger partial charge on any atom is 0.328 e. The number of ether oxygens (including phenoxy) is 1. The first-order valence-electron chi connectivity index (χ1n) is 12.1. The number of amides is 1. The summed E-state index contributed by atoms with van der Waals surface area (Å²) >= 11 is 0. The van der Waals surface area contributed by atoms with Crippen molar-refractivity contribution in [3.05, 3.63) is 90.5 Å². The molecule has 1 atom stereocenters. The van der Waals surface area contributed by atoms with Crippen LogP contribution in [0.3, 0.4) is 0 Å². The molecular weight excluding hydrogens is 500 g/mol. The van der Waals surface area contributed by atoms with E-state index in [1.54, 1.807) is 79.4 Å². The zero-order valence-corrected chi connectivity index (χ0v) is 20.7. The number of phenolic OH excluding ortho intramolecular Hbond substituents is 1. The number of hydrogen-bond acceptors (Lipinski definition) is 8. The van der Waals surface area contributed by atoms with Crippen LogP contribution in [0, 0.1) is 0 Å². The van der Waals surface area contributed by atoms with Crippen LogP contribution in [-0.2, 0) is 16.0 Å². The number of nitrogens with zero attached hydrogens (tertiary/aromatic N) is 2. The number of H-pyrrole nitrogens is 1. The number of furan rings is 2. The van der Waals surface area contributed by atoms with Crippen LogP contribution >= 0.6 is 0 Å². The second kappa shape index (κ2) is 9.82. The summed E-state index contributed by atoms with van der Waals surface area (Å²) in [6.07, 6.45) is 4.99. The van der Waals surface area contributed by atoms with E-state index in [4.69, 9.17) is 23.5 Å². The number of phenols is 1. The van der Waals surface area contributed by atoms with Crippen molar-refractivity contribution in [1.29, 1.82) is 0 Å². The summed E-state index contributed by atoms with van der Waals surface area (Å²) in [6, 6.07) is 15.9. The minimum Gasteiger partial charge on any atom is -0.508 e. The lowest BCUT2D eigenvalue weighted by Gasteiger charge is -2.16. The van der Waals surface area contributed by atoms with Crippen LogP contribution in [0.1, 0.15) is 15.9 Å². The molecule has 6 rings (SSSR count). The Kier molecular flexibility index (Phi) is 6.04. The number of hydrogen-bond donors (Lipinski definition) is 3. The molecule has 39 heavy (non-hydrogen) atoms. The number of aromatic amines is 1. The van der Waals surface area contributed by atoms with E-state index in [0.29, 0.717) is 39.5 Å². The van der Waals surface area contributed by atoms with Crippen LogP contribution in [0.15, 0.2) is 88.2 Å². The van der Waals surface area contributed by atoms with Gasteiger partial charge in [-0.05, 0) is 66.2 Å².